The zero-order chi connectivity index (χ0) is 14.5. The second kappa shape index (κ2) is 6.90. The fourth-order valence-electron chi connectivity index (χ4n) is 2.03. The molecule has 1 heterocycles. The smallest absolute Gasteiger partial charge is 0.141 e. The monoisotopic (exact) mass is 340 g/mol. The molecule has 0 saturated heterocycles. The lowest BCUT2D eigenvalue weighted by Gasteiger charge is -2.18. The van der Waals surface area contributed by atoms with Crippen molar-refractivity contribution < 1.29 is 8.78 Å². The van der Waals surface area contributed by atoms with E-state index < -0.39 is 0 Å². The van der Waals surface area contributed by atoms with Crippen LogP contribution in [-0.2, 0) is 6.42 Å². The number of nitrogens with zero attached hydrogens (tertiary/aromatic N) is 1. The topological polar surface area (TPSA) is 24.9 Å². The molecule has 106 valence electrons. The van der Waals surface area contributed by atoms with E-state index in [1.165, 1.54) is 18.3 Å². The molecule has 0 fully saturated rings. The molecule has 2 nitrogen and oxygen atoms in total. The zero-order valence-electron chi connectivity index (χ0n) is 11.0. The van der Waals surface area contributed by atoms with E-state index in [0.717, 1.165) is 6.54 Å². The summed E-state index contributed by atoms with van der Waals surface area (Å²) in [5.41, 5.74) is 1.31. The van der Waals surface area contributed by atoms with Crippen molar-refractivity contribution in [3.8, 4) is 0 Å². The minimum absolute atomic E-state index is 0.142. The van der Waals surface area contributed by atoms with Gasteiger partial charge >= 0.3 is 0 Å². The number of benzene rings is 1. The van der Waals surface area contributed by atoms with Crippen molar-refractivity contribution in [2.45, 2.75) is 19.4 Å². The van der Waals surface area contributed by atoms with Crippen molar-refractivity contribution in [3.05, 3.63) is 63.9 Å². The Labute approximate surface area is 125 Å². The van der Waals surface area contributed by atoms with E-state index in [-0.39, 0.29) is 17.7 Å². The third-order valence-corrected chi connectivity index (χ3v) is 3.49. The van der Waals surface area contributed by atoms with Gasteiger partial charge in [-0.2, -0.15) is 0 Å². The molecule has 0 amide bonds. The van der Waals surface area contributed by atoms with Crippen molar-refractivity contribution in [1.82, 2.24) is 10.3 Å². The molecular formula is C15H15BrF2N2. The fourth-order valence-corrected chi connectivity index (χ4v) is 2.36. The van der Waals surface area contributed by atoms with Crippen molar-refractivity contribution in [3.63, 3.8) is 0 Å². The summed E-state index contributed by atoms with van der Waals surface area (Å²) in [6, 6.07) is 7.84. The summed E-state index contributed by atoms with van der Waals surface area (Å²) in [6.07, 6.45) is 1.64. The first-order valence-electron chi connectivity index (χ1n) is 6.39. The summed E-state index contributed by atoms with van der Waals surface area (Å²) < 4.78 is 27.5. The van der Waals surface area contributed by atoms with Gasteiger partial charge in [-0.05, 0) is 42.8 Å². The van der Waals surface area contributed by atoms with E-state index in [1.54, 1.807) is 18.2 Å². The van der Waals surface area contributed by atoms with Gasteiger partial charge in [0, 0.05) is 4.47 Å². The number of pyridine rings is 1. The first kappa shape index (κ1) is 15.1. The molecule has 0 aliphatic carbocycles. The van der Waals surface area contributed by atoms with Crippen molar-refractivity contribution in [1.29, 1.82) is 0 Å². The molecule has 1 aromatic carbocycles. The van der Waals surface area contributed by atoms with Crippen LogP contribution in [0.3, 0.4) is 0 Å². The number of likely N-dealkylation sites (N-methyl/N-ethyl adjacent to an activating group) is 1. The Kier molecular flexibility index (Phi) is 5.20. The van der Waals surface area contributed by atoms with Crippen molar-refractivity contribution in [2.24, 2.45) is 0 Å². The van der Waals surface area contributed by atoms with E-state index in [4.69, 9.17) is 0 Å². The summed E-state index contributed by atoms with van der Waals surface area (Å²) in [7, 11) is 0. The first-order chi connectivity index (χ1) is 9.60. The van der Waals surface area contributed by atoms with Crippen LogP contribution in [0.1, 0.15) is 24.2 Å². The highest BCUT2D eigenvalue weighted by molar-refractivity contribution is 9.10. The van der Waals surface area contributed by atoms with Gasteiger partial charge in [0.25, 0.3) is 0 Å². The molecule has 0 spiro atoms. The molecule has 5 heteroatoms. The van der Waals surface area contributed by atoms with Gasteiger partial charge in [-0.3, -0.25) is 4.98 Å². The number of rotatable bonds is 5. The van der Waals surface area contributed by atoms with Gasteiger partial charge in [-0.1, -0.05) is 28.9 Å². The fraction of sp³-hybridized carbons (Fsp3) is 0.267. The van der Waals surface area contributed by atoms with E-state index in [2.05, 4.69) is 26.2 Å². The van der Waals surface area contributed by atoms with E-state index in [1.807, 2.05) is 6.92 Å². The molecular weight excluding hydrogens is 326 g/mol. The standard InChI is InChI=1S/C15H15BrF2N2/c1-2-19-15(14-6-5-12(17)9-20-14)7-10-3-4-11(16)8-13(10)18/h3-6,8-9,15,19H,2,7H2,1H3. The van der Waals surface area contributed by atoms with Crippen LogP contribution in [0, 0.1) is 11.6 Å². The predicted octanol–water partition coefficient (Wildman–Crippen LogP) is 4.02. The molecule has 1 N–H and O–H groups in total. The van der Waals surface area contributed by atoms with Crippen LogP contribution in [0.15, 0.2) is 41.0 Å². The minimum Gasteiger partial charge on any atom is -0.309 e. The summed E-state index contributed by atoms with van der Waals surface area (Å²) >= 11 is 3.24. The van der Waals surface area contributed by atoms with Crippen LogP contribution in [-0.4, -0.2) is 11.5 Å². The number of halogens is 3. The summed E-state index contributed by atoms with van der Waals surface area (Å²) in [4.78, 5) is 4.07. The zero-order valence-corrected chi connectivity index (χ0v) is 12.6. The highest BCUT2D eigenvalue weighted by Crippen LogP contribution is 2.21. The molecule has 20 heavy (non-hydrogen) atoms. The average Bonchev–Trinajstić information content (AvgIpc) is 2.42. The number of hydrogen-bond donors (Lipinski definition) is 1. The predicted molar refractivity (Wildman–Crippen MR) is 78.4 cm³/mol. The second-order valence-electron chi connectivity index (χ2n) is 4.45. The van der Waals surface area contributed by atoms with Gasteiger partial charge in [0.05, 0.1) is 17.9 Å². The highest BCUT2D eigenvalue weighted by Gasteiger charge is 2.15. The first-order valence-corrected chi connectivity index (χ1v) is 7.18. The van der Waals surface area contributed by atoms with E-state index in [0.29, 0.717) is 22.2 Å². The Morgan fingerprint density at radius 1 is 1.25 bits per heavy atom. The van der Waals surface area contributed by atoms with E-state index in [9.17, 15) is 8.78 Å². The largest absolute Gasteiger partial charge is 0.309 e. The molecule has 1 unspecified atom stereocenters. The van der Waals surface area contributed by atoms with Gasteiger partial charge in [0.1, 0.15) is 11.6 Å². The maximum absolute atomic E-state index is 13.9. The molecule has 1 atom stereocenters. The van der Waals surface area contributed by atoms with Crippen LogP contribution in [0.4, 0.5) is 8.78 Å². The van der Waals surface area contributed by atoms with Crippen molar-refractivity contribution in [2.75, 3.05) is 6.54 Å². The number of nitrogens with one attached hydrogen (secondary N) is 1. The Balaban J connectivity index is 2.22. The van der Waals surface area contributed by atoms with Crippen LogP contribution in [0.25, 0.3) is 0 Å². The van der Waals surface area contributed by atoms with Crippen molar-refractivity contribution >= 4 is 15.9 Å². The molecule has 0 radical (unpaired) electrons. The normalized spacial score (nSPS) is 12.4. The molecule has 2 aromatic rings. The third-order valence-electron chi connectivity index (χ3n) is 3.00. The number of aromatic nitrogens is 1. The maximum atomic E-state index is 13.9. The molecule has 1 aromatic heterocycles. The molecule has 0 aliphatic heterocycles. The minimum atomic E-state index is -0.376. The van der Waals surface area contributed by atoms with Crippen LogP contribution < -0.4 is 5.32 Å². The lowest BCUT2D eigenvalue weighted by molar-refractivity contribution is 0.514. The molecule has 2 rings (SSSR count). The summed E-state index contributed by atoms with van der Waals surface area (Å²) in [5.74, 6) is -0.636. The van der Waals surface area contributed by atoms with Gasteiger partial charge in [0.2, 0.25) is 0 Å². The lowest BCUT2D eigenvalue weighted by Crippen LogP contribution is -2.24. The summed E-state index contributed by atoms with van der Waals surface area (Å²) in [5, 5.41) is 3.25. The quantitative estimate of drug-likeness (QED) is 0.889. The molecule has 0 aliphatic rings. The Hall–Kier alpha value is -1.33. The Morgan fingerprint density at radius 2 is 2.05 bits per heavy atom. The van der Waals surface area contributed by atoms with Crippen LogP contribution in [0.5, 0.6) is 0 Å². The van der Waals surface area contributed by atoms with Gasteiger partial charge in [-0.15, -0.1) is 0 Å². The molecule has 0 bridgehead atoms. The number of hydrogen-bond acceptors (Lipinski definition) is 2. The van der Waals surface area contributed by atoms with Gasteiger partial charge in [0.15, 0.2) is 0 Å². The van der Waals surface area contributed by atoms with Gasteiger partial charge < -0.3 is 5.32 Å². The Morgan fingerprint density at radius 3 is 2.65 bits per heavy atom. The maximum Gasteiger partial charge on any atom is 0.141 e. The lowest BCUT2D eigenvalue weighted by atomic mass is 10.0. The van der Waals surface area contributed by atoms with Crippen LogP contribution in [0.2, 0.25) is 0 Å². The molecule has 0 saturated carbocycles. The van der Waals surface area contributed by atoms with Gasteiger partial charge in [-0.25, -0.2) is 8.78 Å². The second-order valence-corrected chi connectivity index (χ2v) is 5.37. The van der Waals surface area contributed by atoms with E-state index >= 15 is 0 Å². The highest BCUT2D eigenvalue weighted by atomic mass is 79.9. The Bertz CT molecular complexity index is 573. The third kappa shape index (κ3) is 3.84. The SMILES string of the molecule is CCNC(Cc1ccc(Br)cc1F)c1ccc(F)cn1. The van der Waals surface area contributed by atoms with Crippen LogP contribution >= 0.6 is 15.9 Å². The average molecular weight is 341 g/mol. The summed E-state index contributed by atoms with van der Waals surface area (Å²) in [6.45, 7) is 2.69.